The van der Waals surface area contributed by atoms with E-state index in [0.29, 0.717) is 37.3 Å². The van der Waals surface area contributed by atoms with Crippen LogP contribution in [0.15, 0.2) is 23.1 Å². The number of nitrogens with zero attached hydrogens (tertiary/aromatic N) is 2. The van der Waals surface area contributed by atoms with Gasteiger partial charge >= 0.3 is 0 Å². The van der Waals surface area contributed by atoms with Gasteiger partial charge in [0.25, 0.3) is 0 Å². The van der Waals surface area contributed by atoms with E-state index in [1.165, 1.54) is 56.7 Å². The Morgan fingerprint density at radius 3 is 2.03 bits per heavy atom. The van der Waals surface area contributed by atoms with Crippen LogP contribution in [0.1, 0.15) is 79.1 Å². The van der Waals surface area contributed by atoms with Gasteiger partial charge in [-0.15, -0.1) is 0 Å². The van der Waals surface area contributed by atoms with Crippen molar-refractivity contribution in [1.82, 2.24) is 14.5 Å². The summed E-state index contributed by atoms with van der Waals surface area (Å²) in [4.78, 5) is 4.64. The van der Waals surface area contributed by atoms with E-state index < -0.39 is 16.1 Å². The van der Waals surface area contributed by atoms with Crippen molar-refractivity contribution in [2.24, 2.45) is 5.73 Å². The lowest BCUT2D eigenvalue weighted by molar-refractivity contribution is 0.0290. The van der Waals surface area contributed by atoms with E-state index in [0.717, 1.165) is 19.4 Å². The molecular weight excluding hydrogens is 559 g/mol. The molecule has 2 fully saturated rings. The molecule has 5 N–H and O–H groups in total. The highest BCUT2D eigenvalue weighted by Gasteiger charge is 2.30. The number of aliphatic hydroxyl groups excluding tert-OH is 2. The molecule has 6 atom stereocenters. The molecule has 0 spiro atoms. The molecule has 2 aliphatic heterocycles. The Morgan fingerprint density at radius 1 is 0.949 bits per heavy atom. The monoisotopic (exact) mass is 608 g/mol. The largest absolute Gasteiger partial charge is 0.390 e. The molecule has 2 aliphatic rings. The van der Waals surface area contributed by atoms with Gasteiger partial charge in [-0.1, -0.05) is 56.0 Å². The Kier molecular flexibility index (Phi) is 15.0. The first-order valence-corrected chi connectivity index (χ1v) is 16.7. The molecule has 226 valence electrons. The summed E-state index contributed by atoms with van der Waals surface area (Å²) in [6.45, 7) is 10.3. The molecule has 8 nitrogen and oxygen atoms in total. The normalized spacial score (nSPS) is 26.5. The number of β-amino-alcohol motifs (C(OH)–C–C–N with tert-alkyl or cyclic N) is 2. The summed E-state index contributed by atoms with van der Waals surface area (Å²) in [5.74, 6) is 0. The lowest BCUT2D eigenvalue weighted by atomic mass is 9.92. The van der Waals surface area contributed by atoms with Gasteiger partial charge in [-0.2, -0.15) is 0 Å². The van der Waals surface area contributed by atoms with Gasteiger partial charge < -0.3 is 15.9 Å². The first kappa shape index (κ1) is 34.7. The third-order valence-electron chi connectivity index (χ3n) is 8.16. The molecule has 0 saturated carbocycles. The predicted octanol–water partition coefficient (Wildman–Crippen LogP) is 4.24. The van der Waals surface area contributed by atoms with Gasteiger partial charge in [-0.25, -0.2) is 13.1 Å². The average molecular weight is 610 g/mol. The number of hydrogen-bond donors (Lipinski definition) is 4. The third kappa shape index (κ3) is 10.4. The Morgan fingerprint density at radius 2 is 1.49 bits per heavy atom. The average Bonchev–Trinajstić information content (AvgIpc) is 2.91. The summed E-state index contributed by atoms with van der Waals surface area (Å²) >= 11 is 11.8. The van der Waals surface area contributed by atoms with Crippen LogP contribution in [0.5, 0.6) is 0 Å². The summed E-state index contributed by atoms with van der Waals surface area (Å²) in [7, 11) is -3.82. The number of hydrogen-bond acceptors (Lipinski definition) is 7. The van der Waals surface area contributed by atoms with E-state index in [9.17, 15) is 18.6 Å². The van der Waals surface area contributed by atoms with Gasteiger partial charge in [-0.3, -0.25) is 9.80 Å². The number of sulfonamides is 1. The minimum atomic E-state index is -3.82. The number of halogens is 2. The van der Waals surface area contributed by atoms with Crippen molar-refractivity contribution in [3.63, 3.8) is 0 Å². The summed E-state index contributed by atoms with van der Waals surface area (Å²) in [6.07, 6.45) is 8.52. The summed E-state index contributed by atoms with van der Waals surface area (Å²) in [5, 5.41) is 20.1. The smallest absolute Gasteiger partial charge is 0.242 e. The van der Waals surface area contributed by atoms with E-state index in [2.05, 4.69) is 42.2 Å². The minimum absolute atomic E-state index is 0.0144. The first-order chi connectivity index (χ1) is 18.4. The Balaban J connectivity index is 0.000000306. The predicted molar refractivity (Wildman–Crippen MR) is 161 cm³/mol. The van der Waals surface area contributed by atoms with Gasteiger partial charge in [0.05, 0.1) is 22.3 Å². The molecular formula is C28H50Cl2N4O4S. The second-order valence-corrected chi connectivity index (χ2v) is 13.5. The van der Waals surface area contributed by atoms with Gasteiger partial charge in [0.2, 0.25) is 10.0 Å². The van der Waals surface area contributed by atoms with Crippen LogP contribution in [0.25, 0.3) is 0 Å². The standard InChI is InChI=1S/C16H24Cl2N2O3S.C12H26N2O/c1-11-5-3-6-12(2)20(11)10-13(21)9-19-24(22,23)15-8-4-7-14(17)16(15)18;1-3-10-6-5-7-11(4-2)14(10)9-12(15)8-13/h4,7-8,11-13,19,21H,3,5-6,9-10H2,1-2H3;10-12,15H,3-9,13H2,1-2H3/t11-,12+,13-;10?,11?,12-/m01/s1. The SMILES string of the molecule is CCC1CCCC(CC)N1C[C@H](O)CN.C[C@@H]1CCC[C@H](C)N1C[C@@H](O)CNS(=O)(=O)c1cccc(Cl)c1Cl. The molecule has 11 heteroatoms. The van der Waals surface area contributed by atoms with E-state index in [1.807, 2.05) is 0 Å². The second kappa shape index (κ2) is 16.8. The highest BCUT2D eigenvalue weighted by atomic mass is 35.5. The number of benzene rings is 1. The van der Waals surface area contributed by atoms with Crippen molar-refractivity contribution >= 4 is 33.2 Å². The molecule has 1 aromatic rings. The number of aliphatic hydroxyl groups is 2. The van der Waals surface area contributed by atoms with Crippen LogP contribution in [0.3, 0.4) is 0 Å². The highest BCUT2D eigenvalue weighted by Crippen LogP contribution is 2.29. The highest BCUT2D eigenvalue weighted by molar-refractivity contribution is 7.89. The molecule has 39 heavy (non-hydrogen) atoms. The molecule has 0 radical (unpaired) electrons. The second-order valence-electron chi connectivity index (χ2n) is 11.0. The van der Waals surface area contributed by atoms with E-state index in [4.69, 9.17) is 28.9 Å². The van der Waals surface area contributed by atoms with Crippen molar-refractivity contribution in [3.05, 3.63) is 28.2 Å². The van der Waals surface area contributed by atoms with E-state index in [-0.39, 0.29) is 27.6 Å². The minimum Gasteiger partial charge on any atom is -0.390 e. The van der Waals surface area contributed by atoms with Crippen LogP contribution >= 0.6 is 23.2 Å². The van der Waals surface area contributed by atoms with Crippen LogP contribution < -0.4 is 10.5 Å². The molecule has 2 unspecified atom stereocenters. The first-order valence-electron chi connectivity index (χ1n) is 14.5. The molecule has 3 rings (SSSR count). The van der Waals surface area contributed by atoms with Crippen LogP contribution in [0.4, 0.5) is 0 Å². The molecule has 2 heterocycles. The Bertz CT molecular complexity index is 949. The van der Waals surface area contributed by atoms with Gasteiger partial charge in [-0.05, 0) is 64.5 Å². The molecule has 0 bridgehead atoms. The van der Waals surface area contributed by atoms with Crippen LogP contribution in [0, 0.1) is 0 Å². The summed E-state index contributed by atoms with van der Waals surface area (Å²) < 4.78 is 27.1. The topological polar surface area (TPSA) is 119 Å². The number of nitrogens with one attached hydrogen (secondary N) is 1. The number of likely N-dealkylation sites (tertiary alicyclic amines) is 2. The van der Waals surface area contributed by atoms with E-state index >= 15 is 0 Å². The summed E-state index contributed by atoms with van der Waals surface area (Å²) in [6, 6.07) is 6.53. The third-order valence-corrected chi connectivity index (χ3v) is 10.6. The number of piperidine rings is 2. The van der Waals surface area contributed by atoms with Crippen LogP contribution in [0.2, 0.25) is 10.0 Å². The molecule has 0 aliphatic carbocycles. The van der Waals surface area contributed by atoms with Crippen LogP contribution in [-0.2, 0) is 10.0 Å². The molecule has 0 amide bonds. The quantitative estimate of drug-likeness (QED) is 0.296. The fraction of sp³-hybridized carbons (Fsp3) is 0.786. The molecule has 2 saturated heterocycles. The number of nitrogens with two attached hydrogens (primary N) is 1. The summed E-state index contributed by atoms with van der Waals surface area (Å²) in [5.41, 5.74) is 5.49. The van der Waals surface area contributed by atoms with Gasteiger partial charge in [0.15, 0.2) is 0 Å². The maximum Gasteiger partial charge on any atom is 0.242 e. The van der Waals surface area contributed by atoms with Gasteiger partial charge in [0.1, 0.15) is 4.90 Å². The fourth-order valence-electron chi connectivity index (χ4n) is 5.83. The number of rotatable bonds is 11. The zero-order valence-electron chi connectivity index (χ0n) is 24.0. The maximum absolute atomic E-state index is 12.4. The lowest BCUT2D eigenvalue weighted by Gasteiger charge is -2.42. The van der Waals surface area contributed by atoms with E-state index in [1.54, 1.807) is 0 Å². The zero-order chi connectivity index (χ0) is 29.2. The van der Waals surface area contributed by atoms with Crippen molar-refractivity contribution in [2.45, 2.75) is 120 Å². The van der Waals surface area contributed by atoms with Crippen molar-refractivity contribution in [2.75, 3.05) is 26.2 Å². The maximum atomic E-state index is 12.4. The zero-order valence-corrected chi connectivity index (χ0v) is 26.4. The van der Waals surface area contributed by atoms with Crippen molar-refractivity contribution in [1.29, 1.82) is 0 Å². The lowest BCUT2D eigenvalue weighted by Crippen LogP contribution is -2.50. The Hall–Kier alpha value is -0.490. The fourth-order valence-corrected chi connectivity index (χ4v) is 7.66. The van der Waals surface area contributed by atoms with Crippen molar-refractivity contribution in [3.8, 4) is 0 Å². The Labute approximate surface area is 246 Å². The molecule has 0 aromatic heterocycles. The molecule has 1 aromatic carbocycles. The van der Waals surface area contributed by atoms with Gasteiger partial charge in [0, 0.05) is 50.3 Å². The van der Waals surface area contributed by atoms with Crippen molar-refractivity contribution < 1.29 is 18.6 Å². The van der Waals surface area contributed by atoms with Crippen LogP contribution in [-0.4, -0.2) is 91.0 Å².